The van der Waals surface area contributed by atoms with Crippen LogP contribution < -0.4 is 5.32 Å². The summed E-state index contributed by atoms with van der Waals surface area (Å²) in [6, 6.07) is 24.5. The molecule has 0 spiro atoms. The summed E-state index contributed by atoms with van der Waals surface area (Å²) in [6.45, 7) is 2.09. The van der Waals surface area contributed by atoms with Gasteiger partial charge in [0, 0.05) is 5.56 Å². The summed E-state index contributed by atoms with van der Waals surface area (Å²) in [4.78, 5) is 13.1. The molecule has 0 heterocycles. The standard InChI is InChI=1S/C25H25NO/c1-18-9-5-8-14-23(18)24(20-11-3-2-4-12-20)26-25(27)22-16-15-19-10-6-7-13-21(19)17-22/h2-5,8-9,11-12,14-17,24H,6-7,10,13H2,1H3,(H,26,27). The molecule has 0 radical (unpaired) electrons. The zero-order chi connectivity index (χ0) is 18.6. The Morgan fingerprint density at radius 2 is 1.56 bits per heavy atom. The summed E-state index contributed by atoms with van der Waals surface area (Å²) in [5.41, 5.74) is 6.90. The molecule has 0 aliphatic heterocycles. The second-order valence-corrected chi connectivity index (χ2v) is 7.36. The van der Waals surface area contributed by atoms with E-state index >= 15 is 0 Å². The number of carbonyl (C=O) groups is 1. The third-order valence-corrected chi connectivity index (χ3v) is 5.52. The fraction of sp³-hybridized carbons (Fsp3) is 0.240. The van der Waals surface area contributed by atoms with E-state index in [1.807, 2.05) is 36.4 Å². The Labute approximate surface area is 161 Å². The molecule has 0 saturated heterocycles. The highest BCUT2D eigenvalue weighted by Gasteiger charge is 2.20. The summed E-state index contributed by atoms with van der Waals surface area (Å²) in [5, 5.41) is 3.27. The predicted octanol–water partition coefficient (Wildman–Crippen LogP) is 5.39. The van der Waals surface area contributed by atoms with Crippen LogP contribution in [0.4, 0.5) is 0 Å². The largest absolute Gasteiger partial charge is 0.341 e. The Balaban J connectivity index is 1.66. The Bertz CT molecular complexity index is 946. The van der Waals surface area contributed by atoms with Crippen LogP contribution in [0.25, 0.3) is 0 Å². The van der Waals surface area contributed by atoms with Crippen molar-refractivity contribution in [3.8, 4) is 0 Å². The van der Waals surface area contributed by atoms with E-state index in [0.29, 0.717) is 0 Å². The van der Waals surface area contributed by atoms with Gasteiger partial charge in [-0.3, -0.25) is 4.79 Å². The van der Waals surface area contributed by atoms with E-state index < -0.39 is 0 Å². The highest BCUT2D eigenvalue weighted by molar-refractivity contribution is 5.95. The first-order chi connectivity index (χ1) is 13.2. The van der Waals surface area contributed by atoms with Gasteiger partial charge < -0.3 is 5.32 Å². The Hall–Kier alpha value is -2.87. The van der Waals surface area contributed by atoms with Crippen LogP contribution in [-0.4, -0.2) is 5.91 Å². The molecule has 1 aliphatic rings. The van der Waals surface area contributed by atoms with Crippen LogP contribution in [0, 0.1) is 6.92 Å². The lowest BCUT2D eigenvalue weighted by Gasteiger charge is -2.22. The van der Waals surface area contributed by atoms with Crippen LogP contribution in [0.2, 0.25) is 0 Å². The first kappa shape index (κ1) is 17.5. The minimum absolute atomic E-state index is 0.0134. The first-order valence-corrected chi connectivity index (χ1v) is 9.75. The van der Waals surface area contributed by atoms with Gasteiger partial charge in [0.05, 0.1) is 6.04 Å². The average molecular weight is 355 g/mol. The van der Waals surface area contributed by atoms with Crippen molar-refractivity contribution in [2.24, 2.45) is 0 Å². The minimum Gasteiger partial charge on any atom is -0.341 e. The fourth-order valence-corrected chi connectivity index (χ4v) is 3.99. The van der Waals surface area contributed by atoms with E-state index in [1.165, 1.54) is 29.5 Å². The van der Waals surface area contributed by atoms with Crippen molar-refractivity contribution in [1.82, 2.24) is 5.32 Å². The molecular formula is C25H25NO. The highest BCUT2D eigenvalue weighted by Crippen LogP contribution is 2.26. The molecule has 3 aromatic carbocycles. The number of carbonyl (C=O) groups excluding carboxylic acids is 1. The topological polar surface area (TPSA) is 29.1 Å². The van der Waals surface area contributed by atoms with Crippen LogP contribution in [0.15, 0.2) is 72.8 Å². The summed E-state index contributed by atoms with van der Waals surface area (Å²) in [6.07, 6.45) is 4.68. The third-order valence-electron chi connectivity index (χ3n) is 5.52. The smallest absolute Gasteiger partial charge is 0.252 e. The molecule has 27 heavy (non-hydrogen) atoms. The van der Waals surface area contributed by atoms with Gasteiger partial charge in [0.2, 0.25) is 0 Å². The number of amides is 1. The van der Waals surface area contributed by atoms with Gasteiger partial charge in [0.15, 0.2) is 0 Å². The number of aryl methyl sites for hydroxylation is 3. The van der Waals surface area contributed by atoms with Gasteiger partial charge in [-0.1, -0.05) is 60.7 Å². The van der Waals surface area contributed by atoms with Crippen LogP contribution >= 0.6 is 0 Å². The third kappa shape index (κ3) is 3.80. The van der Waals surface area contributed by atoms with Gasteiger partial charge >= 0.3 is 0 Å². The van der Waals surface area contributed by atoms with Crippen molar-refractivity contribution < 1.29 is 4.79 Å². The van der Waals surface area contributed by atoms with E-state index in [0.717, 1.165) is 29.5 Å². The molecule has 3 aromatic rings. The van der Waals surface area contributed by atoms with Crippen LogP contribution in [0.1, 0.15) is 57.1 Å². The van der Waals surface area contributed by atoms with Crippen molar-refractivity contribution in [1.29, 1.82) is 0 Å². The lowest BCUT2D eigenvalue weighted by molar-refractivity contribution is 0.0943. The summed E-state index contributed by atoms with van der Waals surface area (Å²) in [7, 11) is 0. The van der Waals surface area contributed by atoms with Crippen molar-refractivity contribution in [2.75, 3.05) is 0 Å². The van der Waals surface area contributed by atoms with Gasteiger partial charge in [-0.25, -0.2) is 0 Å². The maximum absolute atomic E-state index is 13.1. The minimum atomic E-state index is -0.157. The monoisotopic (exact) mass is 355 g/mol. The van der Waals surface area contributed by atoms with Crippen LogP contribution in [-0.2, 0) is 12.8 Å². The molecule has 2 nitrogen and oxygen atoms in total. The number of rotatable bonds is 4. The zero-order valence-corrected chi connectivity index (χ0v) is 15.7. The van der Waals surface area contributed by atoms with E-state index in [1.54, 1.807) is 0 Å². The quantitative estimate of drug-likeness (QED) is 0.667. The lowest BCUT2D eigenvalue weighted by atomic mass is 9.90. The number of hydrogen-bond acceptors (Lipinski definition) is 1. The van der Waals surface area contributed by atoms with Gasteiger partial charge in [-0.2, -0.15) is 0 Å². The molecule has 0 fully saturated rings. The first-order valence-electron chi connectivity index (χ1n) is 9.75. The molecule has 2 heteroatoms. The molecule has 1 atom stereocenters. The summed E-state index contributed by atoms with van der Waals surface area (Å²) < 4.78 is 0. The Morgan fingerprint density at radius 1 is 0.852 bits per heavy atom. The molecule has 1 aliphatic carbocycles. The predicted molar refractivity (Wildman–Crippen MR) is 110 cm³/mol. The van der Waals surface area contributed by atoms with E-state index in [2.05, 4.69) is 48.6 Å². The van der Waals surface area contributed by atoms with E-state index in [9.17, 15) is 4.79 Å². The van der Waals surface area contributed by atoms with Crippen LogP contribution in [0.3, 0.4) is 0 Å². The second kappa shape index (κ2) is 7.79. The Morgan fingerprint density at radius 3 is 2.33 bits per heavy atom. The van der Waals surface area contributed by atoms with Crippen molar-refractivity contribution in [3.63, 3.8) is 0 Å². The van der Waals surface area contributed by atoms with Crippen molar-refractivity contribution in [3.05, 3.63) is 106 Å². The number of hydrogen-bond donors (Lipinski definition) is 1. The summed E-state index contributed by atoms with van der Waals surface area (Å²) >= 11 is 0. The molecule has 0 saturated carbocycles. The van der Waals surface area contributed by atoms with Gasteiger partial charge in [-0.15, -0.1) is 0 Å². The molecular weight excluding hydrogens is 330 g/mol. The maximum atomic E-state index is 13.1. The van der Waals surface area contributed by atoms with Crippen molar-refractivity contribution >= 4 is 5.91 Å². The molecule has 1 amide bonds. The number of nitrogens with one attached hydrogen (secondary N) is 1. The Kier molecular flexibility index (Phi) is 5.06. The average Bonchev–Trinajstić information content (AvgIpc) is 2.73. The molecule has 0 aromatic heterocycles. The van der Waals surface area contributed by atoms with Crippen molar-refractivity contribution in [2.45, 2.75) is 38.6 Å². The highest BCUT2D eigenvalue weighted by atomic mass is 16.1. The molecule has 136 valence electrons. The normalized spacial score (nSPS) is 14.3. The van der Waals surface area contributed by atoms with E-state index in [4.69, 9.17) is 0 Å². The SMILES string of the molecule is Cc1ccccc1C(NC(=O)c1ccc2c(c1)CCCC2)c1ccccc1. The molecule has 4 rings (SSSR count). The number of benzene rings is 3. The molecule has 1 N–H and O–H groups in total. The maximum Gasteiger partial charge on any atom is 0.252 e. The lowest BCUT2D eigenvalue weighted by Crippen LogP contribution is -2.30. The summed E-state index contributed by atoms with van der Waals surface area (Å²) in [5.74, 6) is -0.0134. The van der Waals surface area contributed by atoms with Crippen LogP contribution in [0.5, 0.6) is 0 Å². The van der Waals surface area contributed by atoms with Gasteiger partial charge in [0.25, 0.3) is 5.91 Å². The van der Waals surface area contributed by atoms with Gasteiger partial charge in [0.1, 0.15) is 0 Å². The molecule has 1 unspecified atom stereocenters. The number of fused-ring (bicyclic) bond motifs is 1. The molecule has 0 bridgehead atoms. The van der Waals surface area contributed by atoms with Gasteiger partial charge in [-0.05, 0) is 72.6 Å². The zero-order valence-electron chi connectivity index (χ0n) is 15.7. The second-order valence-electron chi connectivity index (χ2n) is 7.36. The fourth-order valence-electron chi connectivity index (χ4n) is 3.99. The van der Waals surface area contributed by atoms with E-state index in [-0.39, 0.29) is 11.9 Å².